The highest BCUT2D eigenvalue weighted by Gasteiger charge is 2.18. The average Bonchev–Trinajstić information content (AvgIpc) is 3.22. The van der Waals surface area contributed by atoms with E-state index in [1.54, 1.807) is 7.05 Å². The zero-order valence-electron chi connectivity index (χ0n) is 18.3. The lowest BCUT2D eigenvalue weighted by Crippen LogP contribution is -2.36. The van der Waals surface area contributed by atoms with Crippen molar-refractivity contribution >= 4 is 35.6 Å². The van der Waals surface area contributed by atoms with Crippen molar-refractivity contribution in [2.24, 2.45) is 4.99 Å². The predicted octanol–water partition coefficient (Wildman–Crippen LogP) is 3.71. The van der Waals surface area contributed by atoms with Crippen LogP contribution in [-0.2, 0) is 17.8 Å². The molecule has 2 aromatic rings. The van der Waals surface area contributed by atoms with E-state index in [0.29, 0.717) is 19.7 Å². The van der Waals surface area contributed by atoms with Crippen LogP contribution in [0.5, 0.6) is 5.75 Å². The van der Waals surface area contributed by atoms with E-state index in [4.69, 9.17) is 9.47 Å². The van der Waals surface area contributed by atoms with E-state index in [2.05, 4.69) is 69.9 Å². The highest BCUT2D eigenvalue weighted by atomic mass is 127. The first kappa shape index (κ1) is 24.3. The van der Waals surface area contributed by atoms with Crippen molar-refractivity contribution in [2.45, 2.75) is 32.5 Å². The molecule has 6 nitrogen and oxygen atoms in total. The third-order valence-electron chi connectivity index (χ3n) is 4.96. The molecule has 0 radical (unpaired) electrons. The maximum atomic E-state index is 6.19. The molecule has 0 saturated carbocycles. The van der Waals surface area contributed by atoms with Gasteiger partial charge in [-0.05, 0) is 36.2 Å². The fourth-order valence-electron chi connectivity index (χ4n) is 3.23. The molecule has 1 heterocycles. The van der Waals surface area contributed by atoms with E-state index >= 15 is 0 Å². The van der Waals surface area contributed by atoms with Gasteiger partial charge in [-0.25, -0.2) is 0 Å². The van der Waals surface area contributed by atoms with Gasteiger partial charge in [-0.3, -0.25) is 4.99 Å². The van der Waals surface area contributed by atoms with Gasteiger partial charge in [0.2, 0.25) is 0 Å². The number of hydrogen-bond donors (Lipinski definition) is 2. The molecule has 0 amide bonds. The van der Waals surface area contributed by atoms with Crippen molar-refractivity contribution < 1.29 is 9.47 Å². The molecule has 1 aliphatic heterocycles. The first-order chi connectivity index (χ1) is 14.0. The van der Waals surface area contributed by atoms with Crippen LogP contribution in [0.3, 0.4) is 0 Å². The van der Waals surface area contributed by atoms with Gasteiger partial charge in [0, 0.05) is 51.9 Å². The molecule has 7 heteroatoms. The summed E-state index contributed by atoms with van der Waals surface area (Å²) in [6.07, 6.45) is 1.08. The zero-order chi connectivity index (χ0) is 20.6. The fraction of sp³-hybridized carbons (Fsp3) is 0.435. The SMILES string of the molecule is CN=C(NCc1cccc(N(C)C)c1)NCc1ccc(C)cc1OC1CCOC1.I. The molecule has 0 bridgehead atoms. The van der Waals surface area contributed by atoms with E-state index in [1.807, 2.05) is 14.1 Å². The summed E-state index contributed by atoms with van der Waals surface area (Å²) in [5.41, 5.74) is 4.69. The smallest absolute Gasteiger partial charge is 0.191 e. The molecule has 1 fully saturated rings. The lowest BCUT2D eigenvalue weighted by atomic mass is 10.1. The molecule has 1 unspecified atom stereocenters. The number of nitrogens with zero attached hydrogens (tertiary/aromatic N) is 2. The van der Waals surface area contributed by atoms with Crippen LogP contribution in [0, 0.1) is 6.92 Å². The molecule has 1 saturated heterocycles. The van der Waals surface area contributed by atoms with Gasteiger partial charge in [0.1, 0.15) is 11.9 Å². The van der Waals surface area contributed by atoms with Crippen molar-refractivity contribution in [3.8, 4) is 5.75 Å². The monoisotopic (exact) mass is 524 g/mol. The summed E-state index contributed by atoms with van der Waals surface area (Å²) in [4.78, 5) is 6.45. The summed E-state index contributed by atoms with van der Waals surface area (Å²) < 4.78 is 11.6. The lowest BCUT2D eigenvalue weighted by Gasteiger charge is -2.18. The molecule has 0 aromatic heterocycles. The van der Waals surface area contributed by atoms with Gasteiger partial charge in [-0.1, -0.05) is 24.3 Å². The number of ether oxygens (including phenoxy) is 2. The Morgan fingerprint density at radius 1 is 1.17 bits per heavy atom. The van der Waals surface area contributed by atoms with Crippen LogP contribution in [0.4, 0.5) is 5.69 Å². The molecule has 0 aliphatic carbocycles. The third-order valence-corrected chi connectivity index (χ3v) is 4.96. The summed E-state index contributed by atoms with van der Waals surface area (Å²) in [6.45, 7) is 4.86. The normalized spacial score (nSPS) is 16.0. The van der Waals surface area contributed by atoms with Crippen LogP contribution in [0.2, 0.25) is 0 Å². The van der Waals surface area contributed by atoms with E-state index in [9.17, 15) is 0 Å². The molecule has 1 atom stereocenters. The van der Waals surface area contributed by atoms with Crippen LogP contribution in [0.25, 0.3) is 0 Å². The van der Waals surface area contributed by atoms with Crippen molar-refractivity contribution in [3.63, 3.8) is 0 Å². The Bertz CT molecular complexity index is 836. The topological polar surface area (TPSA) is 58.1 Å². The minimum Gasteiger partial charge on any atom is -0.488 e. The van der Waals surface area contributed by atoms with E-state index in [1.165, 1.54) is 16.8 Å². The number of aliphatic imine (C=N–C) groups is 1. The second-order valence-electron chi connectivity index (χ2n) is 7.56. The predicted molar refractivity (Wildman–Crippen MR) is 134 cm³/mol. The average molecular weight is 524 g/mol. The Labute approximate surface area is 197 Å². The fourth-order valence-corrected chi connectivity index (χ4v) is 3.23. The maximum absolute atomic E-state index is 6.19. The van der Waals surface area contributed by atoms with Gasteiger partial charge in [0.25, 0.3) is 0 Å². The third kappa shape index (κ3) is 7.05. The number of guanidine groups is 1. The summed E-state index contributed by atoms with van der Waals surface area (Å²) in [6, 6.07) is 14.8. The molecular formula is C23H33IN4O2. The summed E-state index contributed by atoms with van der Waals surface area (Å²) >= 11 is 0. The van der Waals surface area contributed by atoms with E-state index in [0.717, 1.165) is 30.3 Å². The van der Waals surface area contributed by atoms with E-state index in [-0.39, 0.29) is 30.1 Å². The highest BCUT2D eigenvalue weighted by molar-refractivity contribution is 14.0. The molecular weight excluding hydrogens is 491 g/mol. The molecule has 2 N–H and O–H groups in total. The first-order valence-electron chi connectivity index (χ1n) is 10.1. The Balaban J connectivity index is 0.00000320. The number of nitrogens with one attached hydrogen (secondary N) is 2. The van der Waals surface area contributed by atoms with Crippen molar-refractivity contribution in [3.05, 3.63) is 59.2 Å². The molecule has 30 heavy (non-hydrogen) atoms. The molecule has 3 rings (SSSR count). The van der Waals surface area contributed by atoms with Crippen LogP contribution in [0.15, 0.2) is 47.5 Å². The highest BCUT2D eigenvalue weighted by Crippen LogP contribution is 2.23. The minimum atomic E-state index is 0. The number of anilines is 1. The zero-order valence-corrected chi connectivity index (χ0v) is 20.6. The summed E-state index contributed by atoms with van der Waals surface area (Å²) in [5, 5.41) is 6.78. The van der Waals surface area contributed by atoms with Gasteiger partial charge in [0.15, 0.2) is 5.96 Å². The number of hydrogen-bond acceptors (Lipinski definition) is 4. The van der Waals surface area contributed by atoms with Gasteiger partial charge in [-0.2, -0.15) is 0 Å². The Morgan fingerprint density at radius 2 is 1.97 bits per heavy atom. The second kappa shape index (κ2) is 12.0. The Hall–Kier alpha value is -2.00. The number of halogens is 1. The number of rotatable bonds is 7. The van der Waals surface area contributed by atoms with Crippen LogP contribution < -0.4 is 20.3 Å². The van der Waals surface area contributed by atoms with Crippen molar-refractivity contribution in [2.75, 3.05) is 39.3 Å². The van der Waals surface area contributed by atoms with Crippen molar-refractivity contribution in [1.82, 2.24) is 10.6 Å². The number of benzene rings is 2. The summed E-state index contributed by atoms with van der Waals surface area (Å²) in [5.74, 6) is 1.68. The number of aryl methyl sites for hydroxylation is 1. The summed E-state index contributed by atoms with van der Waals surface area (Å²) in [7, 11) is 5.88. The second-order valence-corrected chi connectivity index (χ2v) is 7.56. The quantitative estimate of drug-likeness (QED) is 0.329. The van der Waals surface area contributed by atoms with E-state index < -0.39 is 0 Å². The Morgan fingerprint density at radius 3 is 2.67 bits per heavy atom. The van der Waals surface area contributed by atoms with Gasteiger partial charge >= 0.3 is 0 Å². The maximum Gasteiger partial charge on any atom is 0.191 e. The van der Waals surface area contributed by atoms with Gasteiger partial charge in [-0.15, -0.1) is 24.0 Å². The molecule has 164 valence electrons. The van der Waals surface area contributed by atoms with Gasteiger partial charge in [0.05, 0.1) is 13.2 Å². The lowest BCUT2D eigenvalue weighted by molar-refractivity contribution is 0.140. The van der Waals surface area contributed by atoms with Crippen LogP contribution in [0.1, 0.15) is 23.1 Å². The Kier molecular flexibility index (Phi) is 9.71. The first-order valence-corrected chi connectivity index (χ1v) is 10.1. The largest absolute Gasteiger partial charge is 0.488 e. The standard InChI is InChI=1S/C23H32N4O2.HI/c1-17-8-9-19(22(12-17)29-21-10-11-28-16-21)15-26-23(24-2)25-14-18-6-5-7-20(13-18)27(3)4;/h5-9,12-13,21H,10-11,14-16H2,1-4H3,(H2,24,25,26);1H. The van der Waals surface area contributed by atoms with Crippen LogP contribution in [-0.4, -0.2) is 46.4 Å². The van der Waals surface area contributed by atoms with Crippen LogP contribution >= 0.6 is 24.0 Å². The van der Waals surface area contributed by atoms with Crippen molar-refractivity contribution in [1.29, 1.82) is 0 Å². The molecule has 0 spiro atoms. The van der Waals surface area contributed by atoms with Gasteiger partial charge < -0.3 is 25.0 Å². The molecule has 2 aromatic carbocycles. The molecule has 1 aliphatic rings. The minimum absolute atomic E-state index is 0.